The van der Waals surface area contributed by atoms with Crippen LogP contribution in [-0.2, 0) is 21.2 Å². The van der Waals surface area contributed by atoms with E-state index in [1.807, 2.05) is 0 Å². The van der Waals surface area contributed by atoms with Gasteiger partial charge in [0.2, 0.25) is 9.84 Å². The number of allylic oxidation sites excluding steroid dienone is 1. The highest BCUT2D eigenvalue weighted by Crippen LogP contribution is 2.22. The number of hydrogen-bond donors (Lipinski definition) is 1. The molecule has 114 valence electrons. The topological polar surface area (TPSA) is 71.4 Å². The number of carbonyl (C=O) groups is 1. The molecule has 0 saturated carbocycles. The lowest BCUT2D eigenvalue weighted by molar-refractivity contribution is -0.112. The summed E-state index contributed by atoms with van der Waals surface area (Å²) in [6.07, 6.45) is 1.35. The SMILES string of the molecule is CC(=O)C(=Cc1ccc(CO)cc1)S(=O)(=O)c1ccccc1. The summed E-state index contributed by atoms with van der Waals surface area (Å²) in [4.78, 5) is 11.6. The molecule has 1 N–H and O–H groups in total. The largest absolute Gasteiger partial charge is 0.392 e. The Morgan fingerprint density at radius 1 is 1.05 bits per heavy atom. The highest BCUT2D eigenvalue weighted by molar-refractivity contribution is 7.96. The number of benzene rings is 2. The molecule has 2 aromatic carbocycles. The van der Waals surface area contributed by atoms with Crippen LogP contribution in [-0.4, -0.2) is 19.3 Å². The fraction of sp³-hybridized carbons (Fsp3) is 0.118. The number of carbonyl (C=O) groups excluding carboxylic acids is 1. The van der Waals surface area contributed by atoms with Crippen molar-refractivity contribution in [3.05, 3.63) is 70.6 Å². The van der Waals surface area contributed by atoms with Crippen molar-refractivity contribution in [2.24, 2.45) is 0 Å². The minimum Gasteiger partial charge on any atom is -0.392 e. The third kappa shape index (κ3) is 3.50. The summed E-state index contributed by atoms with van der Waals surface area (Å²) in [5, 5.41) is 9.01. The predicted octanol–water partition coefficient (Wildman–Crippen LogP) is 2.58. The lowest BCUT2D eigenvalue weighted by Crippen LogP contribution is -2.11. The molecular formula is C17H16O4S. The van der Waals surface area contributed by atoms with Gasteiger partial charge in [0.15, 0.2) is 5.78 Å². The van der Waals surface area contributed by atoms with E-state index in [2.05, 4.69) is 0 Å². The molecule has 0 aliphatic heterocycles. The zero-order valence-electron chi connectivity index (χ0n) is 12.1. The molecule has 0 saturated heterocycles. The first-order valence-corrected chi connectivity index (χ1v) is 8.16. The molecule has 0 unspecified atom stereocenters. The standard InChI is InChI=1S/C17H16O4S/c1-13(19)17(11-14-7-9-15(12-18)10-8-14)22(20,21)16-5-3-2-4-6-16/h2-11,18H,12H2,1H3. The van der Waals surface area contributed by atoms with Crippen molar-refractivity contribution >= 4 is 21.7 Å². The Morgan fingerprint density at radius 2 is 1.64 bits per heavy atom. The van der Waals surface area contributed by atoms with Gasteiger partial charge in [0, 0.05) is 0 Å². The summed E-state index contributed by atoms with van der Waals surface area (Å²) in [6.45, 7) is 1.14. The minimum atomic E-state index is -3.85. The van der Waals surface area contributed by atoms with E-state index in [0.717, 1.165) is 0 Å². The molecule has 22 heavy (non-hydrogen) atoms. The molecule has 2 rings (SSSR count). The van der Waals surface area contributed by atoms with Crippen molar-refractivity contribution in [2.45, 2.75) is 18.4 Å². The van der Waals surface area contributed by atoms with E-state index in [4.69, 9.17) is 5.11 Å². The molecule has 0 aromatic heterocycles. The summed E-state index contributed by atoms with van der Waals surface area (Å²) in [7, 11) is -3.85. The third-order valence-electron chi connectivity index (χ3n) is 3.15. The van der Waals surface area contributed by atoms with E-state index in [1.165, 1.54) is 25.1 Å². The summed E-state index contributed by atoms with van der Waals surface area (Å²) in [6, 6.07) is 14.5. The molecule has 0 aliphatic rings. The fourth-order valence-corrected chi connectivity index (χ4v) is 3.40. The van der Waals surface area contributed by atoms with E-state index in [0.29, 0.717) is 11.1 Å². The van der Waals surface area contributed by atoms with Crippen LogP contribution in [0, 0.1) is 0 Å². The smallest absolute Gasteiger partial charge is 0.210 e. The average Bonchev–Trinajstić information content (AvgIpc) is 2.53. The van der Waals surface area contributed by atoms with Crippen molar-refractivity contribution in [3.63, 3.8) is 0 Å². The molecule has 4 nitrogen and oxygen atoms in total. The molecule has 0 heterocycles. The predicted molar refractivity (Wildman–Crippen MR) is 84.7 cm³/mol. The van der Waals surface area contributed by atoms with Gasteiger partial charge in [-0.1, -0.05) is 42.5 Å². The van der Waals surface area contributed by atoms with Crippen molar-refractivity contribution in [1.29, 1.82) is 0 Å². The quantitative estimate of drug-likeness (QED) is 0.861. The van der Waals surface area contributed by atoms with Crippen LogP contribution in [0.25, 0.3) is 6.08 Å². The van der Waals surface area contributed by atoms with Gasteiger partial charge in [0.25, 0.3) is 0 Å². The van der Waals surface area contributed by atoms with Crippen molar-refractivity contribution in [2.75, 3.05) is 0 Å². The van der Waals surface area contributed by atoms with E-state index in [9.17, 15) is 13.2 Å². The molecule has 0 atom stereocenters. The van der Waals surface area contributed by atoms with Crippen LogP contribution in [0.15, 0.2) is 64.4 Å². The fourth-order valence-electron chi connectivity index (χ4n) is 1.97. The first-order valence-electron chi connectivity index (χ1n) is 6.67. The second-order valence-electron chi connectivity index (χ2n) is 4.78. The maximum absolute atomic E-state index is 12.6. The number of aliphatic hydroxyl groups excluding tert-OH is 1. The number of rotatable bonds is 5. The second kappa shape index (κ2) is 6.68. The molecule has 2 aromatic rings. The summed E-state index contributed by atoms with van der Waals surface area (Å²) in [5.41, 5.74) is 1.30. The first kappa shape index (κ1) is 16.1. The molecule has 0 amide bonds. The molecule has 0 radical (unpaired) electrons. The summed E-state index contributed by atoms with van der Waals surface area (Å²) >= 11 is 0. The van der Waals surface area contributed by atoms with Crippen LogP contribution in [0.4, 0.5) is 0 Å². The summed E-state index contributed by atoms with van der Waals surface area (Å²) < 4.78 is 25.1. The Bertz CT molecular complexity index is 788. The number of hydrogen-bond acceptors (Lipinski definition) is 4. The Kier molecular flexibility index (Phi) is 4.90. The number of ketones is 1. The first-order chi connectivity index (χ1) is 10.4. The van der Waals surface area contributed by atoms with Crippen molar-refractivity contribution in [1.82, 2.24) is 0 Å². The molecule has 0 spiro atoms. The van der Waals surface area contributed by atoms with Crippen LogP contribution < -0.4 is 0 Å². The zero-order valence-corrected chi connectivity index (χ0v) is 12.9. The Hall–Kier alpha value is -2.24. The second-order valence-corrected chi connectivity index (χ2v) is 6.70. The van der Waals surface area contributed by atoms with Gasteiger partial charge in [-0.05, 0) is 36.3 Å². The van der Waals surface area contributed by atoms with Crippen LogP contribution in [0.1, 0.15) is 18.1 Å². The molecule has 0 bridgehead atoms. The lowest BCUT2D eigenvalue weighted by Gasteiger charge is -2.07. The van der Waals surface area contributed by atoms with Crippen LogP contribution in [0.2, 0.25) is 0 Å². The van der Waals surface area contributed by atoms with Crippen LogP contribution in [0.3, 0.4) is 0 Å². The third-order valence-corrected chi connectivity index (χ3v) is 5.03. The number of aliphatic hydroxyl groups is 1. The minimum absolute atomic E-state index is 0.0865. The van der Waals surface area contributed by atoms with E-state index < -0.39 is 15.6 Å². The van der Waals surface area contributed by atoms with E-state index >= 15 is 0 Å². The highest BCUT2D eigenvalue weighted by atomic mass is 32.2. The Labute approximate surface area is 129 Å². The molecule has 0 fully saturated rings. The number of sulfone groups is 1. The van der Waals surface area contributed by atoms with Gasteiger partial charge in [-0.15, -0.1) is 0 Å². The van der Waals surface area contributed by atoms with Gasteiger partial charge in [-0.25, -0.2) is 8.42 Å². The van der Waals surface area contributed by atoms with Gasteiger partial charge >= 0.3 is 0 Å². The van der Waals surface area contributed by atoms with Gasteiger partial charge < -0.3 is 5.11 Å². The average molecular weight is 316 g/mol. The number of Topliss-reactive ketones (excluding diaryl/α,β-unsaturated/α-hetero) is 1. The van der Waals surface area contributed by atoms with Crippen molar-refractivity contribution < 1.29 is 18.3 Å². The molecule has 5 heteroatoms. The van der Waals surface area contributed by atoms with Gasteiger partial charge in [0.1, 0.15) is 4.91 Å². The van der Waals surface area contributed by atoms with Gasteiger partial charge in [-0.3, -0.25) is 4.79 Å². The van der Waals surface area contributed by atoms with E-state index in [-0.39, 0.29) is 16.4 Å². The molecule has 0 aliphatic carbocycles. The van der Waals surface area contributed by atoms with Crippen LogP contribution in [0.5, 0.6) is 0 Å². The van der Waals surface area contributed by atoms with Crippen molar-refractivity contribution in [3.8, 4) is 0 Å². The molecular weight excluding hydrogens is 300 g/mol. The Morgan fingerprint density at radius 3 is 2.14 bits per heavy atom. The normalized spacial score (nSPS) is 12.2. The Balaban J connectivity index is 2.50. The van der Waals surface area contributed by atoms with Gasteiger partial charge in [0.05, 0.1) is 11.5 Å². The summed E-state index contributed by atoms with van der Waals surface area (Å²) in [5.74, 6) is -0.518. The maximum atomic E-state index is 12.6. The monoisotopic (exact) mass is 316 g/mol. The highest BCUT2D eigenvalue weighted by Gasteiger charge is 2.24. The lowest BCUT2D eigenvalue weighted by atomic mass is 10.1. The zero-order chi connectivity index (χ0) is 16.2. The van der Waals surface area contributed by atoms with Gasteiger partial charge in [-0.2, -0.15) is 0 Å². The van der Waals surface area contributed by atoms with E-state index in [1.54, 1.807) is 42.5 Å². The maximum Gasteiger partial charge on any atom is 0.210 e. The van der Waals surface area contributed by atoms with Crippen LogP contribution >= 0.6 is 0 Å².